The number of carbonyl (C=O) groups excluding carboxylic acids is 1. The normalized spacial score (nSPS) is 14.7. The fraction of sp³-hybridized carbons (Fsp3) is 0.200. The molecular weight excluding hydrogens is 425 g/mol. The molecule has 32 heavy (non-hydrogen) atoms. The number of carbonyl (C=O) groups is 2. The minimum Gasteiger partial charge on any atom is -0.481 e. The number of hydrogen-bond donors (Lipinski definition) is 3. The summed E-state index contributed by atoms with van der Waals surface area (Å²) in [5.74, 6) is -3.79. The molecule has 6 nitrogen and oxygen atoms in total. The Balaban J connectivity index is 1.84. The lowest BCUT2D eigenvalue weighted by atomic mass is 10.0. The summed E-state index contributed by atoms with van der Waals surface area (Å²) in [7, 11) is -4.10. The molecule has 0 aliphatic rings. The highest BCUT2D eigenvalue weighted by Gasteiger charge is 2.37. The fourth-order valence-corrected chi connectivity index (χ4v) is 5.51. The van der Waals surface area contributed by atoms with Crippen LogP contribution in [0.5, 0.6) is 0 Å². The molecule has 1 amide bonds. The molecule has 0 aromatic heterocycles. The second-order valence-corrected chi connectivity index (χ2v) is 10.2. The van der Waals surface area contributed by atoms with Gasteiger partial charge >= 0.3 is 5.97 Å². The summed E-state index contributed by atoms with van der Waals surface area (Å²) in [6, 6.07) is 26.5. The lowest BCUT2D eigenvalue weighted by Gasteiger charge is -2.27. The molecule has 0 saturated carbocycles. The monoisotopic (exact) mass is 451 g/mol. The van der Waals surface area contributed by atoms with Crippen molar-refractivity contribution in [2.24, 2.45) is 5.92 Å². The van der Waals surface area contributed by atoms with Crippen LogP contribution in [0, 0.1) is 5.92 Å². The number of nitrogens with one attached hydrogen (secondary N) is 1. The van der Waals surface area contributed by atoms with Crippen LogP contribution in [0.15, 0.2) is 91.0 Å². The van der Waals surface area contributed by atoms with Gasteiger partial charge in [-0.3, -0.25) is 14.2 Å². The van der Waals surface area contributed by atoms with E-state index in [1.165, 1.54) is 0 Å². The molecule has 3 N–H and O–H groups in total. The number of carboxylic acid groups (broad SMARTS) is 1. The van der Waals surface area contributed by atoms with Gasteiger partial charge in [0.1, 0.15) is 5.78 Å². The third-order valence-corrected chi connectivity index (χ3v) is 7.50. The zero-order valence-corrected chi connectivity index (χ0v) is 18.4. The molecule has 0 fully saturated rings. The smallest absolute Gasteiger partial charge is 0.307 e. The van der Waals surface area contributed by atoms with Crippen molar-refractivity contribution >= 4 is 19.2 Å². The van der Waals surface area contributed by atoms with Crippen molar-refractivity contribution in [3.8, 4) is 0 Å². The number of rotatable bonds is 10. The van der Waals surface area contributed by atoms with Crippen LogP contribution in [0.4, 0.5) is 0 Å². The van der Waals surface area contributed by atoms with Crippen LogP contribution in [0.2, 0.25) is 0 Å². The lowest BCUT2D eigenvalue weighted by molar-refractivity contribution is -0.141. The number of aliphatic carboxylic acids is 1. The molecule has 0 radical (unpaired) electrons. The molecule has 0 bridgehead atoms. The predicted octanol–water partition coefficient (Wildman–Crippen LogP) is 4.20. The van der Waals surface area contributed by atoms with Gasteiger partial charge in [0.25, 0.3) is 5.91 Å². The summed E-state index contributed by atoms with van der Waals surface area (Å²) in [6.07, 6.45) is -0.194. The average Bonchev–Trinajstić information content (AvgIpc) is 2.80. The Kier molecular flexibility index (Phi) is 7.98. The molecular formula is C25H26NO5P. The van der Waals surface area contributed by atoms with Gasteiger partial charge in [-0.25, -0.2) is 0 Å². The average molecular weight is 451 g/mol. The summed E-state index contributed by atoms with van der Waals surface area (Å²) in [4.78, 5) is 35.6. The summed E-state index contributed by atoms with van der Waals surface area (Å²) >= 11 is 0. The second kappa shape index (κ2) is 10.9. The Morgan fingerprint density at radius 3 is 1.75 bits per heavy atom. The molecule has 0 aliphatic carbocycles. The van der Waals surface area contributed by atoms with Crippen molar-refractivity contribution in [2.75, 3.05) is 6.16 Å². The number of benzene rings is 3. The van der Waals surface area contributed by atoms with E-state index >= 15 is 0 Å². The maximum atomic E-state index is 13.5. The highest BCUT2D eigenvalue weighted by atomic mass is 31.2. The van der Waals surface area contributed by atoms with Crippen LogP contribution in [-0.4, -0.2) is 33.8 Å². The zero-order valence-electron chi connectivity index (χ0n) is 17.5. The van der Waals surface area contributed by atoms with Crippen molar-refractivity contribution < 1.29 is 24.2 Å². The highest BCUT2D eigenvalue weighted by molar-refractivity contribution is 7.58. The molecule has 166 valence electrons. The Hall–Kier alpha value is -3.21. The van der Waals surface area contributed by atoms with E-state index in [0.29, 0.717) is 5.56 Å². The molecule has 3 unspecified atom stereocenters. The lowest BCUT2D eigenvalue weighted by Crippen LogP contribution is -2.38. The van der Waals surface area contributed by atoms with E-state index in [2.05, 4.69) is 5.32 Å². The number of carboxylic acids is 1. The van der Waals surface area contributed by atoms with E-state index in [9.17, 15) is 24.2 Å². The van der Waals surface area contributed by atoms with Gasteiger partial charge in [-0.15, -0.1) is 0 Å². The van der Waals surface area contributed by atoms with Crippen LogP contribution < -0.4 is 5.32 Å². The van der Waals surface area contributed by atoms with Crippen molar-refractivity contribution in [2.45, 2.75) is 18.6 Å². The summed E-state index contributed by atoms with van der Waals surface area (Å²) in [6.45, 7) is 0. The van der Waals surface area contributed by atoms with Gasteiger partial charge in [0, 0.05) is 18.1 Å². The van der Waals surface area contributed by atoms with E-state index < -0.39 is 37.1 Å². The van der Waals surface area contributed by atoms with Gasteiger partial charge in [0.2, 0.25) is 7.37 Å². The van der Waals surface area contributed by atoms with Crippen molar-refractivity contribution in [3.63, 3.8) is 0 Å². The Morgan fingerprint density at radius 2 is 1.25 bits per heavy atom. The van der Waals surface area contributed by atoms with Crippen LogP contribution in [0.1, 0.15) is 21.5 Å². The van der Waals surface area contributed by atoms with Gasteiger partial charge in [-0.1, -0.05) is 78.9 Å². The first-order chi connectivity index (χ1) is 15.3. The summed E-state index contributed by atoms with van der Waals surface area (Å²) < 4.78 is 13.5. The quantitative estimate of drug-likeness (QED) is 0.401. The van der Waals surface area contributed by atoms with Gasteiger partial charge in [0.05, 0.1) is 5.92 Å². The maximum absolute atomic E-state index is 13.5. The van der Waals surface area contributed by atoms with Crippen molar-refractivity contribution in [3.05, 3.63) is 108 Å². The molecule has 3 aromatic rings. The third kappa shape index (κ3) is 6.64. The van der Waals surface area contributed by atoms with Crippen LogP contribution in [0.25, 0.3) is 0 Å². The minimum atomic E-state index is -4.10. The third-order valence-electron chi connectivity index (χ3n) is 5.25. The molecule has 3 rings (SSSR count). The SMILES string of the molecule is O=C(NC(Cc1ccccc1)P(=O)(O)CC(Cc1ccccc1)C(=O)O)c1ccccc1. The molecule has 3 atom stereocenters. The zero-order chi connectivity index (χ0) is 23.0. The number of amides is 1. The van der Waals surface area contributed by atoms with Crippen molar-refractivity contribution in [1.82, 2.24) is 5.32 Å². The first-order valence-corrected chi connectivity index (χ1v) is 12.2. The fourth-order valence-electron chi connectivity index (χ4n) is 3.53. The van der Waals surface area contributed by atoms with E-state index in [1.54, 1.807) is 66.7 Å². The highest BCUT2D eigenvalue weighted by Crippen LogP contribution is 2.48. The largest absolute Gasteiger partial charge is 0.481 e. The molecule has 0 aliphatic heterocycles. The Morgan fingerprint density at radius 1 is 0.781 bits per heavy atom. The molecule has 0 spiro atoms. The predicted molar refractivity (Wildman–Crippen MR) is 124 cm³/mol. The van der Waals surface area contributed by atoms with E-state index in [-0.39, 0.29) is 12.8 Å². The summed E-state index contributed by atoms with van der Waals surface area (Å²) in [5, 5.41) is 12.4. The summed E-state index contributed by atoms with van der Waals surface area (Å²) in [5.41, 5.74) is 1.91. The second-order valence-electron chi connectivity index (χ2n) is 7.71. The Bertz CT molecular complexity index is 1070. The topological polar surface area (TPSA) is 104 Å². The van der Waals surface area contributed by atoms with E-state index in [0.717, 1.165) is 11.1 Å². The first kappa shape index (κ1) is 23.5. The van der Waals surface area contributed by atoms with E-state index in [1.807, 2.05) is 24.3 Å². The van der Waals surface area contributed by atoms with Crippen LogP contribution in [-0.2, 0) is 22.2 Å². The van der Waals surface area contributed by atoms with Crippen molar-refractivity contribution in [1.29, 1.82) is 0 Å². The minimum absolute atomic E-state index is 0.116. The van der Waals surface area contributed by atoms with Gasteiger partial charge < -0.3 is 15.3 Å². The molecule has 7 heteroatoms. The Labute approximate surface area is 187 Å². The van der Waals surface area contributed by atoms with Gasteiger partial charge in [-0.05, 0) is 29.7 Å². The molecule has 0 heterocycles. The number of hydrogen-bond acceptors (Lipinski definition) is 3. The van der Waals surface area contributed by atoms with Crippen LogP contribution in [0.3, 0.4) is 0 Å². The first-order valence-electron chi connectivity index (χ1n) is 10.3. The van der Waals surface area contributed by atoms with Gasteiger partial charge in [0.15, 0.2) is 0 Å². The standard InChI is InChI=1S/C25H26NO5P/c27-24(21-14-8-3-9-15-21)26-23(17-20-12-6-2-7-13-20)32(30,31)18-22(25(28)29)16-19-10-4-1-5-11-19/h1-15,22-23H,16-18H2,(H,26,27)(H,28,29)(H,30,31). The van der Waals surface area contributed by atoms with Gasteiger partial charge in [-0.2, -0.15) is 0 Å². The van der Waals surface area contributed by atoms with Crippen LogP contribution >= 0.6 is 7.37 Å². The molecule has 0 saturated heterocycles. The van der Waals surface area contributed by atoms with E-state index in [4.69, 9.17) is 0 Å². The molecule has 3 aromatic carbocycles. The maximum Gasteiger partial charge on any atom is 0.307 e.